The van der Waals surface area contributed by atoms with Crippen LogP contribution in [0.4, 0.5) is 0 Å². The summed E-state index contributed by atoms with van der Waals surface area (Å²) in [5, 5.41) is 9.93. The molecule has 1 aliphatic rings. The van der Waals surface area contributed by atoms with Crippen LogP contribution in [0.25, 0.3) is 0 Å². The summed E-state index contributed by atoms with van der Waals surface area (Å²) in [6, 6.07) is 10.2. The van der Waals surface area contributed by atoms with Crippen LogP contribution in [0.3, 0.4) is 0 Å². The third kappa shape index (κ3) is 4.75. The largest absolute Gasteiger partial charge is 0.390 e. The van der Waals surface area contributed by atoms with Gasteiger partial charge in [-0.15, -0.1) is 0 Å². The maximum atomic E-state index is 9.93. The molecule has 1 N–H and O–H groups in total. The van der Waals surface area contributed by atoms with Gasteiger partial charge in [0, 0.05) is 0 Å². The zero-order valence-electron chi connectivity index (χ0n) is 12.3. The average molecular weight is 276 g/mol. The van der Waals surface area contributed by atoms with Crippen LogP contribution in [0.5, 0.6) is 0 Å². The Bertz CT molecular complexity index is 435. The summed E-state index contributed by atoms with van der Waals surface area (Å²) in [7, 11) is 0. The Morgan fingerprint density at radius 1 is 1.45 bits per heavy atom. The van der Waals surface area contributed by atoms with Crippen molar-refractivity contribution < 1.29 is 14.6 Å². The fraction of sp³-hybridized carbons (Fsp3) is 0.529. The number of hydrogen-bond donors (Lipinski definition) is 1. The normalized spacial score (nSPS) is 23.6. The van der Waals surface area contributed by atoms with E-state index in [1.54, 1.807) is 0 Å². The summed E-state index contributed by atoms with van der Waals surface area (Å²) >= 11 is 0. The number of epoxide rings is 1. The Hall–Kier alpha value is -1.16. The molecule has 2 atom stereocenters. The van der Waals surface area contributed by atoms with Gasteiger partial charge in [0.2, 0.25) is 0 Å². The van der Waals surface area contributed by atoms with Crippen LogP contribution in [0.1, 0.15) is 32.3 Å². The second-order valence-corrected chi connectivity index (χ2v) is 5.71. The van der Waals surface area contributed by atoms with Gasteiger partial charge >= 0.3 is 0 Å². The van der Waals surface area contributed by atoms with Crippen LogP contribution in [0.15, 0.2) is 42.0 Å². The van der Waals surface area contributed by atoms with E-state index in [0.717, 1.165) is 12.8 Å². The third-order valence-corrected chi connectivity index (χ3v) is 3.78. The van der Waals surface area contributed by atoms with Crippen LogP contribution < -0.4 is 0 Å². The lowest BCUT2D eigenvalue weighted by Gasteiger charge is -2.14. The molecule has 0 aromatic heterocycles. The molecule has 0 saturated carbocycles. The molecule has 1 saturated heterocycles. The zero-order valence-corrected chi connectivity index (χ0v) is 12.3. The molecule has 0 bridgehead atoms. The molecule has 1 fully saturated rings. The summed E-state index contributed by atoms with van der Waals surface area (Å²) in [5.74, 6) is 0. The molecule has 1 aromatic carbocycles. The summed E-state index contributed by atoms with van der Waals surface area (Å²) in [6.45, 7) is 5.97. The molecule has 2 rings (SSSR count). The number of aliphatic hydroxyl groups is 1. The molecular formula is C17H24O3. The Morgan fingerprint density at radius 2 is 2.15 bits per heavy atom. The van der Waals surface area contributed by atoms with E-state index in [1.165, 1.54) is 11.1 Å². The Kier molecular flexibility index (Phi) is 5.35. The second kappa shape index (κ2) is 7.02. The van der Waals surface area contributed by atoms with Crippen molar-refractivity contribution in [1.29, 1.82) is 0 Å². The Morgan fingerprint density at radius 3 is 2.80 bits per heavy atom. The fourth-order valence-electron chi connectivity index (χ4n) is 2.03. The van der Waals surface area contributed by atoms with Crippen molar-refractivity contribution >= 4 is 0 Å². The van der Waals surface area contributed by atoms with E-state index < -0.39 is 0 Å². The van der Waals surface area contributed by atoms with Gasteiger partial charge in [0.15, 0.2) is 0 Å². The average Bonchev–Trinajstić information content (AvgIpc) is 3.21. The summed E-state index contributed by atoms with van der Waals surface area (Å²) in [4.78, 5) is 0. The molecule has 1 heterocycles. The molecule has 0 unspecified atom stereocenters. The highest BCUT2D eigenvalue weighted by Crippen LogP contribution is 2.32. The van der Waals surface area contributed by atoms with E-state index in [9.17, 15) is 5.11 Å². The molecule has 0 aliphatic carbocycles. The first-order valence-electron chi connectivity index (χ1n) is 7.19. The van der Waals surface area contributed by atoms with Crippen molar-refractivity contribution in [1.82, 2.24) is 0 Å². The first-order valence-corrected chi connectivity index (χ1v) is 7.19. The second-order valence-electron chi connectivity index (χ2n) is 5.71. The van der Waals surface area contributed by atoms with Gasteiger partial charge in [-0.05, 0) is 32.3 Å². The molecule has 20 heavy (non-hydrogen) atoms. The van der Waals surface area contributed by atoms with Crippen molar-refractivity contribution in [3.05, 3.63) is 47.5 Å². The molecule has 1 aromatic rings. The highest BCUT2D eigenvalue weighted by Gasteiger charge is 2.45. The molecule has 3 nitrogen and oxygen atoms in total. The van der Waals surface area contributed by atoms with Gasteiger partial charge in [-0.25, -0.2) is 0 Å². The molecule has 0 spiro atoms. The maximum Gasteiger partial charge on any atom is 0.115 e. The lowest BCUT2D eigenvalue weighted by Crippen LogP contribution is -2.26. The predicted molar refractivity (Wildman–Crippen MR) is 79.5 cm³/mol. The summed E-state index contributed by atoms with van der Waals surface area (Å²) in [6.07, 6.45) is 3.36. The lowest BCUT2D eigenvalue weighted by atomic mass is 9.99. The van der Waals surface area contributed by atoms with Crippen LogP contribution in [-0.4, -0.2) is 30.0 Å². The number of hydrogen-bond acceptors (Lipinski definition) is 3. The van der Waals surface area contributed by atoms with Crippen molar-refractivity contribution in [2.45, 2.75) is 45.0 Å². The lowest BCUT2D eigenvalue weighted by molar-refractivity contribution is 0.0776. The minimum Gasteiger partial charge on any atom is -0.390 e. The summed E-state index contributed by atoms with van der Waals surface area (Å²) < 4.78 is 10.9. The number of aliphatic hydroxyl groups excluding tert-OH is 1. The van der Waals surface area contributed by atoms with Gasteiger partial charge in [0.05, 0.1) is 25.9 Å². The quantitative estimate of drug-likeness (QED) is 0.451. The first-order chi connectivity index (χ1) is 9.60. The van der Waals surface area contributed by atoms with Crippen molar-refractivity contribution in [2.24, 2.45) is 0 Å². The van der Waals surface area contributed by atoms with E-state index >= 15 is 0 Å². The van der Waals surface area contributed by atoms with Crippen LogP contribution in [-0.2, 0) is 16.1 Å². The molecule has 0 radical (unpaired) electrons. The minimum absolute atomic E-state index is 0.288. The van der Waals surface area contributed by atoms with Gasteiger partial charge in [-0.2, -0.15) is 0 Å². The topological polar surface area (TPSA) is 42.0 Å². The number of allylic oxidation sites excluding steroid dienone is 1. The number of benzene rings is 1. The molecule has 0 amide bonds. The van der Waals surface area contributed by atoms with E-state index in [-0.39, 0.29) is 11.7 Å². The van der Waals surface area contributed by atoms with E-state index in [2.05, 4.69) is 25.1 Å². The Labute approximate surface area is 121 Å². The molecule has 3 heteroatoms. The van der Waals surface area contributed by atoms with Gasteiger partial charge in [-0.1, -0.05) is 42.0 Å². The number of rotatable bonds is 8. The van der Waals surface area contributed by atoms with Crippen LogP contribution in [0, 0.1) is 0 Å². The SMILES string of the molecule is C/C(=C\COCc1ccccc1)CC[C@H](O)[C@@]1(C)CO1. The fourth-order valence-corrected chi connectivity index (χ4v) is 2.03. The van der Waals surface area contributed by atoms with E-state index in [1.807, 2.05) is 25.1 Å². The first kappa shape index (κ1) is 15.2. The number of ether oxygens (including phenoxy) is 2. The Balaban J connectivity index is 1.61. The zero-order chi connectivity index (χ0) is 14.4. The van der Waals surface area contributed by atoms with Gasteiger partial charge in [0.1, 0.15) is 5.60 Å². The summed E-state index contributed by atoms with van der Waals surface area (Å²) in [5.41, 5.74) is 2.15. The molecule has 1 aliphatic heterocycles. The smallest absolute Gasteiger partial charge is 0.115 e. The van der Waals surface area contributed by atoms with Gasteiger partial charge < -0.3 is 14.6 Å². The third-order valence-electron chi connectivity index (χ3n) is 3.78. The standard InChI is InChI=1S/C17H24O3/c1-14(8-9-16(18)17(2)13-20-17)10-11-19-12-15-6-4-3-5-7-15/h3-7,10,16,18H,8-9,11-13H2,1-2H3/b14-10+/t16-,17+/m0/s1. The predicted octanol–water partition coefficient (Wildman–Crippen LogP) is 3.08. The highest BCUT2D eigenvalue weighted by molar-refractivity contribution is 5.13. The maximum absolute atomic E-state index is 9.93. The molecule has 110 valence electrons. The van der Waals surface area contributed by atoms with Crippen LogP contribution >= 0.6 is 0 Å². The highest BCUT2D eigenvalue weighted by atomic mass is 16.6. The van der Waals surface area contributed by atoms with Crippen molar-refractivity contribution in [3.8, 4) is 0 Å². The van der Waals surface area contributed by atoms with E-state index in [0.29, 0.717) is 19.8 Å². The monoisotopic (exact) mass is 276 g/mol. The molecular weight excluding hydrogens is 252 g/mol. The van der Waals surface area contributed by atoms with Crippen molar-refractivity contribution in [3.63, 3.8) is 0 Å². The van der Waals surface area contributed by atoms with Gasteiger partial charge in [0.25, 0.3) is 0 Å². The minimum atomic E-state index is -0.365. The van der Waals surface area contributed by atoms with Crippen LogP contribution in [0.2, 0.25) is 0 Å². The van der Waals surface area contributed by atoms with Crippen molar-refractivity contribution in [2.75, 3.05) is 13.2 Å². The van der Waals surface area contributed by atoms with Gasteiger partial charge in [-0.3, -0.25) is 0 Å². The van der Waals surface area contributed by atoms with E-state index in [4.69, 9.17) is 9.47 Å².